The molecule has 3 rings (SSSR count). The molecule has 0 aliphatic rings. The number of aromatic hydroxyl groups is 1. The molecule has 3 aromatic rings. The van der Waals surface area contributed by atoms with Crippen molar-refractivity contribution in [2.45, 2.75) is 6.54 Å². The third-order valence-corrected chi connectivity index (χ3v) is 3.36. The number of aliphatic carboxylic acids is 1. The highest BCUT2D eigenvalue weighted by molar-refractivity contribution is 5.75. The Morgan fingerprint density at radius 2 is 1.48 bits per heavy atom. The number of ether oxygens (including phenoxy) is 1. The van der Waals surface area contributed by atoms with E-state index < -0.39 is 5.97 Å². The van der Waals surface area contributed by atoms with Gasteiger partial charge in [0.2, 0.25) is 0 Å². The number of hydrogen-bond donors (Lipinski definition) is 4. The van der Waals surface area contributed by atoms with Crippen LogP contribution in [0.4, 0.5) is 0 Å². The molecule has 0 aromatic heterocycles. The highest BCUT2D eigenvalue weighted by atomic mass is 16.5. The van der Waals surface area contributed by atoms with Gasteiger partial charge in [-0.25, -0.2) is 0 Å². The summed E-state index contributed by atoms with van der Waals surface area (Å²) in [7, 11) is 0. The van der Waals surface area contributed by atoms with Gasteiger partial charge in [0.25, 0.3) is 0 Å². The van der Waals surface area contributed by atoms with Crippen molar-refractivity contribution in [2.24, 2.45) is 11.5 Å². The van der Waals surface area contributed by atoms with Crippen molar-refractivity contribution in [1.82, 2.24) is 0 Å². The number of nitrogens with two attached hydrogens (primary N) is 2. The fourth-order valence-electron chi connectivity index (χ4n) is 1.96. The first kappa shape index (κ1) is 23.4. The summed E-state index contributed by atoms with van der Waals surface area (Å²) in [6.07, 6.45) is 0.803. The minimum atomic E-state index is -0.968. The molecular weight excluding hydrogens is 372 g/mol. The highest BCUT2D eigenvalue weighted by Gasteiger charge is 1.97. The molecule has 0 unspecified atom stereocenters. The molecule has 0 bridgehead atoms. The first-order valence-electron chi connectivity index (χ1n) is 8.67. The number of carboxylic acids is 1. The van der Waals surface area contributed by atoms with Crippen LogP contribution in [0.15, 0.2) is 78.9 Å². The van der Waals surface area contributed by atoms with Crippen molar-refractivity contribution in [3.05, 3.63) is 90.0 Å². The Labute approximate surface area is 169 Å². The molecule has 6 N–H and O–H groups in total. The third-order valence-electron chi connectivity index (χ3n) is 3.36. The number of carbonyl (C=O) groups is 2. The van der Waals surface area contributed by atoms with E-state index in [1.54, 1.807) is 36.4 Å². The van der Waals surface area contributed by atoms with E-state index >= 15 is 0 Å². The topological polar surface area (TPSA) is 136 Å². The zero-order chi connectivity index (χ0) is 21.5. The minimum absolute atomic E-state index is 0.278. The van der Waals surface area contributed by atoms with Gasteiger partial charge in [-0.3, -0.25) is 9.59 Å². The summed E-state index contributed by atoms with van der Waals surface area (Å²) < 4.78 is 5.56. The van der Waals surface area contributed by atoms with Gasteiger partial charge in [-0.15, -0.1) is 0 Å². The van der Waals surface area contributed by atoms with Crippen molar-refractivity contribution < 1.29 is 24.5 Å². The Balaban J connectivity index is 0.000000255. The lowest BCUT2D eigenvalue weighted by Crippen LogP contribution is -2.10. The molecule has 29 heavy (non-hydrogen) atoms. The number of benzene rings is 3. The van der Waals surface area contributed by atoms with E-state index in [0.29, 0.717) is 17.9 Å². The van der Waals surface area contributed by atoms with Crippen molar-refractivity contribution in [3.8, 4) is 17.2 Å². The van der Waals surface area contributed by atoms with Crippen molar-refractivity contribution in [3.63, 3.8) is 0 Å². The average molecular weight is 396 g/mol. The third kappa shape index (κ3) is 9.71. The van der Waals surface area contributed by atoms with E-state index in [-0.39, 0.29) is 12.3 Å². The number of aldehydes is 1. The molecular formula is C22H24N2O5. The molecule has 0 aliphatic heterocycles. The number of carboxylic acid groups (broad SMARTS) is 1. The summed E-state index contributed by atoms with van der Waals surface area (Å²) in [5.74, 6) is 0.747. The van der Waals surface area contributed by atoms with Crippen molar-refractivity contribution >= 4 is 12.3 Å². The van der Waals surface area contributed by atoms with Crippen LogP contribution >= 0.6 is 0 Å². The van der Waals surface area contributed by atoms with Crippen LogP contribution in [0.5, 0.6) is 17.2 Å². The largest absolute Gasteiger partial charge is 0.508 e. The Hall–Kier alpha value is -3.68. The predicted octanol–water partition coefficient (Wildman–Crippen LogP) is 3.17. The average Bonchev–Trinajstić information content (AvgIpc) is 2.76. The molecule has 152 valence electrons. The molecule has 0 atom stereocenters. The van der Waals surface area contributed by atoms with Gasteiger partial charge in [-0.05, 0) is 30.3 Å². The molecule has 0 amide bonds. The molecule has 7 heteroatoms. The van der Waals surface area contributed by atoms with Gasteiger partial charge in [-0.1, -0.05) is 48.5 Å². The van der Waals surface area contributed by atoms with Gasteiger partial charge in [0, 0.05) is 17.7 Å². The maximum absolute atomic E-state index is 10.6. The maximum atomic E-state index is 10.6. The number of hydrogen-bond acceptors (Lipinski definition) is 6. The van der Waals surface area contributed by atoms with Gasteiger partial charge in [0.05, 0.1) is 6.54 Å². The van der Waals surface area contributed by atoms with E-state index in [0.717, 1.165) is 17.6 Å². The van der Waals surface area contributed by atoms with Crippen LogP contribution in [-0.2, 0) is 11.3 Å². The lowest BCUT2D eigenvalue weighted by atomic mass is 10.2. The Morgan fingerprint density at radius 3 is 2.00 bits per heavy atom. The lowest BCUT2D eigenvalue weighted by Gasteiger charge is -2.04. The zero-order valence-corrected chi connectivity index (χ0v) is 15.8. The van der Waals surface area contributed by atoms with E-state index in [9.17, 15) is 9.59 Å². The van der Waals surface area contributed by atoms with E-state index in [1.165, 1.54) is 0 Å². The molecule has 0 fully saturated rings. The first-order chi connectivity index (χ1) is 14.0. The van der Waals surface area contributed by atoms with Crippen LogP contribution in [0.1, 0.15) is 15.9 Å². The number of carbonyl (C=O) groups excluding carboxylic acids is 1. The summed E-state index contributed by atoms with van der Waals surface area (Å²) in [5.41, 5.74) is 11.3. The van der Waals surface area contributed by atoms with Crippen LogP contribution in [-0.4, -0.2) is 29.0 Å². The van der Waals surface area contributed by atoms with E-state index in [1.807, 2.05) is 42.5 Å². The van der Waals surface area contributed by atoms with E-state index in [4.69, 9.17) is 20.7 Å². The SMILES string of the molecule is NCC(=O)O.NCc1ccccc1O.O=Cc1cccc(Oc2ccccc2)c1. The predicted molar refractivity (Wildman–Crippen MR) is 111 cm³/mol. The number of phenols is 1. The van der Waals surface area contributed by atoms with Gasteiger partial charge >= 0.3 is 5.97 Å². The monoisotopic (exact) mass is 396 g/mol. The molecule has 7 nitrogen and oxygen atoms in total. The quantitative estimate of drug-likeness (QED) is 0.486. The molecule has 3 aromatic carbocycles. The summed E-state index contributed by atoms with van der Waals surface area (Å²) in [6.45, 7) is 0.118. The van der Waals surface area contributed by atoms with Crippen molar-refractivity contribution in [1.29, 1.82) is 0 Å². The molecule has 0 heterocycles. The molecule has 0 spiro atoms. The smallest absolute Gasteiger partial charge is 0.317 e. The Morgan fingerprint density at radius 1 is 0.897 bits per heavy atom. The lowest BCUT2D eigenvalue weighted by molar-refractivity contribution is -0.135. The highest BCUT2D eigenvalue weighted by Crippen LogP contribution is 2.21. The maximum Gasteiger partial charge on any atom is 0.317 e. The summed E-state index contributed by atoms with van der Waals surface area (Å²) in [5, 5.41) is 16.6. The normalized spacial score (nSPS) is 9.17. The van der Waals surface area contributed by atoms with Crippen LogP contribution in [0.25, 0.3) is 0 Å². The number of rotatable bonds is 5. The molecule has 0 radical (unpaired) electrons. The Bertz CT molecular complexity index is 885. The van der Waals surface area contributed by atoms with Gasteiger partial charge in [0.15, 0.2) is 0 Å². The van der Waals surface area contributed by atoms with Gasteiger partial charge in [-0.2, -0.15) is 0 Å². The zero-order valence-electron chi connectivity index (χ0n) is 15.8. The van der Waals surface area contributed by atoms with Gasteiger partial charge < -0.3 is 26.4 Å². The number of phenolic OH excluding ortho intramolecular Hbond substituents is 1. The molecule has 0 saturated carbocycles. The van der Waals surface area contributed by atoms with E-state index in [2.05, 4.69) is 5.73 Å². The Kier molecular flexibility index (Phi) is 10.9. The molecule has 0 aliphatic carbocycles. The summed E-state index contributed by atoms with van der Waals surface area (Å²) in [6, 6.07) is 23.6. The number of para-hydroxylation sites is 2. The molecule has 0 saturated heterocycles. The summed E-state index contributed by atoms with van der Waals surface area (Å²) >= 11 is 0. The fraction of sp³-hybridized carbons (Fsp3) is 0.0909. The van der Waals surface area contributed by atoms with Crippen molar-refractivity contribution in [2.75, 3.05) is 6.54 Å². The second-order valence-electron chi connectivity index (χ2n) is 5.54. The van der Waals surface area contributed by atoms with Gasteiger partial charge in [0.1, 0.15) is 23.5 Å². The fourth-order valence-corrected chi connectivity index (χ4v) is 1.96. The standard InChI is InChI=1S/C13H10O2.C7H9NO.C2H5NO2/c14-10-11-5-4-8-13(9-11)15-12-6-2-1-3-7-12;8-5-6-3-1-2-4-7(6)9;3-1-2(4)5/h1-10H;1-4,9H,5,8H2;1,3H2,(H,4,5). The second kappa shape index (κ2) is 13.5. The van der Waals surface area contributed by atoms with Crippen LogP contribution in [0.2, 0.25) is 0 Å². The van der Waals surface area contributed by atoms with Crippen LogP contribution < -0.4 is 16.2 Å². The summed E-state index contributed by atoms with van der Waals surface area (Å²) in [4.78, 5) is 19.8. The first-order valence-corrected chi connectivity index (χ1v) is 8.67. The van der Waals surface area contributed by atoms with Crippen LogP contribution in [0.3, 0.4) is 0 Å². The minimum Gasteiger partial charge on any atom is -0.508 e. The second-order valence-corrected chi connectivity index (χ2v) is 5.54. The van der Waals surface area contributed by atoms with Crippen LogP contribution in [0, 0.1) is 0 Å².